The maximum Gasteiger partial charge on any atom is 0.338 e. The summed E-state index contributed by atoms with van der Waals surface area (Å²) >= 11 is 0. The highest BCUT2D eigenvalue weighted by Crippen LogP contribution is 2.21. The standard InChI is InChI=1S/C19H13N3O4/c23-19(12-5-7-15(8-6-12)22(24)25)26-11-18-20-16-9-13-3-1-2-4-14(13)10-17(16)21-18/h1-10H,11H2,(H,20,21). The van der Waals surface area contributed by atoms with E-state index in [9.17, 15) is 14.9 Å². The number of H-pyrrole nitrogens is 1. The molecule has 0 aliphatic carbocycles. The van der Waals surface area contributed by atoms with E-state index in [2.05, 4.69) is 9.97 Å². The van der Waals surface area contributed by atoms with Gasteiger partial charge in [0.25, 0.3) is 5.69 Å². The van der Waals surface area contributed by atoms with Gasteiger partial charge in [-0.05, 0) is 35.0 Å². The van der Waals surface area contributed by atoms with E-state index in [0.29, 0.717) is 5.82 Å². The highest BCUT2D eigenvalue weighted by Gasteiger charge is 2.12. The van der Waals surface area contributed by atoms with Crippen molar-refractivity contribution in [2.45, 2.75) is 6.61 Å². The number of aromatic amines is 1. The first-order valence-corrected chi connectivity index (χ1v) is 7.89. The Kier molecular flexibility index (Phi) is 3.81. The van der Waals surface area contributed by atoms with Crippen LogP contribution >= 0.6 is 0 Å². The van der Waals surface area contributed by atoms with Crippen LogP contribution in [-0.4, -0.2) is 20.9 Å². The molecule has 7 nitrogen and oxygen atoms in total. The number of imidazole rings is 1. The normalized spacial score (nSPS) is 10.9. The molecule has 0 saturated heterocycles. The molecule has 1 N–H and O–H groups in total. The summed E-state index contributed by atoms with van der Waals surface area (Å²) in [7, 11) is 0. The lowest BCUT2D eigenvalue weighted by atomic mass is 10.1. The van der Waals surface area contributed by atoms with Crippen LogP contribution in [0.5, 0.6) is 0 Å². The van der Waals surface area contributed by atoms with Gasteiger partial charge in [-0.15, -0.1) is 0 Å². The molecule has 0 atom stereocenters. The number of nitro benzene ring substituents is 1. The van der Waals surface area contributed by atoms with E-state index in [0.717, 1.165) is 21.8 Å². The summed E-state index contributed by atoms with van der Waals surface area (Å²) < 4.78 is 5.24. The minimum absolute atomic E-state index is 0.0130. The highest BCUT2D eigenvalue weighted by atomic mass is 16.6. The Labute approximate surface area is 147 Å². The van der Waals surface area contributed by atoms with Gasteiger partial charge in [-0.25, -0.2) is 9.78 Å². The Hall–Kier alpha value is -3.74. The average molecular weight is 347 g/mol. The van der Waals surface area contributed by atoms with E-state index in [4.69, 9.17) is 4.74 Å². The van der Waals surface area contributed by atoms with Crippen molar-refractivity contribution < 1.29 is 14.5 Å². The van der Waals surface area contributed by atoms with Crippen molar-refractivity contribution >= 4 is 33.5 Å². The minimum atomic E-state index is -0.564. The van der Waals surface area contributed by atoms with Crippen molar-refractivity contribution in [2.75, 3.05) is 0 Å². The third kappa shape index (κ3) is 2.98. The van der Waals surface area contributed by atoms with Crippen LogP contribution < -0.4 is 0 Å². The molecule has 0 bridgehead atoms. The number of aromatic nitrogens is 2. The number of nitrogens with one attached hydrogen (secondary N) is 1. The van der Waals surface area contributed by atoms with Gasteiger partial charge in [0.05, 0.1) is 21.5 Å². The first-order chi connectivity index (χ1) is 12.6. The van der Waals surface area contributed by atoms with Gasteiger partial charge in [0.2, 0.25) is 0 Å². The van der Waals surface area contributed by atoms with Crippen LogP contribution in [0, 0.1) is 10.1 Å². The number of hydrogen-bond acceptors (Lipinski definition) is 5. The van der Waals surface area contributed by atoms with Crippen molar-refractivity contribution in [3.8, 4) is 0 Å². The molecule has 0 radical (unpaired) electrons. The van der Waals surface area contributed by atoms with E-state index in [1.54, 1.807) is 0 Å². The zero-order valence-corrected chi connectivity index (χ0v) is 13.5. The third-order valence-electron chi connectivity index (χ3n) is 4.05. The maximum atomic E-state index is 12.1. The van der Waals surface area contributed by atoms with Crippen LogP contribution in [0.4, 0.5) is 5.69 Å². The van der Waals surface area contributed by atoms with Gasteiger partial charge in [-0.1, -0.05) is 24.3 Å². The van der Waals surface area contributed by atoms with E-state index < -0.39 is 10.9 Å². The van der Waals surface area contributed by atoms with Gasteiger partial charge in [-0.3, -0.25) is 10.1 Å². The molecule has 1 heterocycles. The molecule has 0 fully saturated rings. The maximum absolute atomic E-state index is 12.1. The fraction of sp³-hybridized carbons (Fsp3) is 0.0526. The lowest BCUT2D eigenvalue weighted by molar-refractivity contribution is -0.384. The average Bonchev–Trinajstić information content (AvgIpc) is 3.05. The SMILES string of the molecule is O=C(OCc1nc2cc3ccccc3cc2[nH]1)c1ccc([N+](=O)[O-])cc1. The van der Waals surface area contributed by atoms with Crippen LogP contribution in [0.15, 0.2) is 60.7 Å². The monoisotopic (exact) mass is 347 g/mol. The number of carbonyl (C=O) groups is 1. The molecule has 4 aromatic rings. The molecule has 0 unspecified atom stereocenters. The van der Waals surface area contributed by atoms with Gasteiger partial charge < -0.3 is 9.72 Å². The number of rotatable bonds is 4. The van der Waals surface area contributed by atoms with Gasteiger partial charge in [0.1, 0.15) is 12.4 Å². The predicted octanol–water partition coefficient (Wildman–Crippen LogP) is 3.98. The molecule has 0 amide bonds. The summed E-state index contributed by atoms with van der Waals surface area (Å²) in [4.78, 5) is 29.8. The van der Waals surface area contributed by atoms with Gasteiger partial charge in [0, 0.05) is 12.1 Å². The first-order valence-electron chi connectivity index (χ1n) is 7.89. The number of hydrogen-bond donors (Lipinski definition) is 1. The van der Waals surface area contributed by atoms with E-state index in [1.807, 2.05) is 36.4 Å². The molecule has 7 heteroatoms. The fourth-order valence-electron chi connectivity index (χ4n) is 2.75. The number of fused-ring (bicyclic) bond motifs is 2. The highest BCUT2D eigenvalue weighted by molar-refractivity contribution is 5.95. The summed E-state index contributed by atoms with van der Waals surface area (Å²) in [5, 5.41) is 12.8. The number of esters is 1. The molecule has 0 aliphatic heterocycles. The number of carbonyl (C=O) groups excluding carboxylic acids is 1. The van der Waals surface area contributed by atoms with Crippen molar-refractivity contribution in [3.05, 3.63) is 82.2 Å². The summed E-state index contributed by atoms with van der Waals surface area (Å²) in [6, 6.07) is 17.2. The van der Waals surface area contributed by atoms with Crippen molar-refractivity contribution in [1.29, 1.82) is 0 Å². The predicted molar refractivity (Wildman–Crippen MR) is 95.8 cm³/mol. The molecule has 0 saturated carbocycles. The number of nitrogens with zero attached hydrogens (tertiary/aromatic N) is 2. The summed E-state index contributed by atoms with van der Waals surface area (Å²) in [6.45, 7) is -0.0130. The molecule has 1 aromatic heterocycles. The van der Waals surface area contributed by atoms with Crippen LogP contribution in [0.3, 0.4) is 0 Å². The fourth-order valence-corrected chi connectivity index (χ4v) is 2.75. The molecule has 0 spiro atoms. The molecule has 26 heavy (non-hydrogen) atoms. The van der Waals surface area contributed by atoms with Crippen LogP contribution in [0.2, 0.25) is 0 Å². The quantitative estimate of drug-likeness (QED) is 0.342. The summed E-state index contributed by atoms with van der Waals surface area (Å²) in [5.41, 5.74) is 1.83. The van der Waals surface area contributed by atoms with E-state index in [1.165, 1.54) is 24.3 Å². The second kappa shape index (κ2) is 6.29. The largest absolute Gasteiger partial charge is 0.454 e. The molecule has 128 valence electrons. The Bertz CT molecular complexity index is 1080. The van der Waals surface area contributed by atoms with Gasteiger partial charge in [0.15, 0.2) is 0 Å². The Morgan fingerprint density at radius 1 is 1.08 bits per heavy atom. The van der Waals surface area contributed by atoms with Crippen molar-refractivity contribution in [2.24, 2.45) is 0 Å². The number of nitro groups is 1. The smallest absolute Gasteiger partial charge is 0.338 e. The van der Waals surface area contributed by atoms with E-state index in [-0.39, 0.29) is 17.9 Å². The van der Waals surface area contributed by atoms with Crippen molar-refractivity contribution in [3.63, 3.8) is 0 Å². The molecule has 3 aromatic carbocycles. The number of ether oxygens (including phenoxy) is 1. The van der Waals surface area contributed by atoms with Gasteiger partial charge >= 0.3 is 5.97 Å². The number of benzene rings is 3. The third-order valence-corrected chi connectivity index (χ3v) is 4.05. The lowest BCUT2D eigenvalue weighted by Gasteiger charge is -2.02. The Balaban J connectivity index is 1.51. The summed E-state index contributed by atoms with van der Waals surface area (Å²) in [5.74, 6) is -0.0314. The molecule has 0 aliphatic rings. The lowest BCUT2D eigenvalue weighted by Crippen LogP contribution is -2.06. The van der Waals surface area contributed by atoms with Gasteiger partial charge in [-0.2, -0.15) is 0 Å². The van der Waals surface area contributed by atoms with Crippen LogP contribution in [0.1, 0.15) is 16.2 Å². The Morgan fingerprint density at radius 3 is 2.46 bits per heavy atom. The Morgan fingerprint density at radius 2 is 1.77 bits per heavy atom. The zero-order valence-electron chi connectivity index (χ0n) is 13.5. The topological polar surface area (TPSA) is 98.1 Å². The second-order valence-corrected chi connectivity index (χ2v) is 5.78. The molecule has 4 rings (SSSR count). The van der Waals surface area contributed by atoms with Crippen molar-refractivity contribution in [1.82, 2.24) is 9.97 Å². The first kappa shape index (κ1) is 15.8. The second-order valence-electron chi connectivity index (χ2n) is 5.78. The number of non-ortho nitro benzene ring substituents is 1. The minimum Gasteiger partial charge on any atom is -0.454 e. The van der Waals surface area contributed by atoms with E-state index >= 15 is 0 Å². The zero-order chi connectivity index (χ0) is 18.1. The molecular weight excluding hydrogens is 334 g/mol. The summed E-state index contributed by atoms with van der Waals surface area (Å²) in [6.07, 6.45) is 0. The molecular formula is C19H13N3O4. The van der Waals surface area contributed by atoms with Crippen LogP contribution in [0.25, 0.3) is 21.8 Å². The van der Waals surface area contributed by atoms with Crippen LogP contribution in [-0.2, 0) is 11.3 Å².